The fraction of sp³-hybridized carbons (Fsp3) is 0.500. The molecule has 0 aliphatic rings. The lowest BCUT2D eigenvalue weighted by molar-refractivity contribution is -0.127. The monoisotopic (exact) mass is 347 g/mol. The van der Waals surface area contributed by atoms with Gasteiger partial charge in [0, 0.05) is 0 Å². The molecule has 0 bridgehead atoms. The molecule has 0 spiro atoms. The van der Waals surface area contributed by atoms with Crippen LogP contribution in [0.3, 0.4) is 0 Å². The second kappa shape index (κ2) is 9.86. The van der Waals surface area contributed by atoms with Crippen LogP contribution in [0.15, 0.2) is 16.5 Å². The molecule has 8 nitrogen and oxygen atoms in total. The lowest BCUT2D eigenvalue weighted by Crippen LogP contribution is -2.47. The number of hydrogen-bond donors (Lipinski definition) is 3. The van der Waals surface area contributed by atoms with Crippen LogP contribution in [-0.4, -0.2) is 37.5 Å². The Bertz CT molecular complexity index is 544. The van der Waals surface area contributed by atoms with Crippen molar-refractivity contribution in [3.8, 4) is 0 Å². The smallest absolute Gasteiger partial charge is 0.373 e. The maximum absolute atomic E-state index is 11.6. The van der Waals surface area contributed by atoms with Gasteiger partial charge in [-0.05, 0) is 18.1 Å². The minimum Gasteiger partial charge on any atom is -0.463 e. The van der Waals surface area contributed by atoms with E-state index in [4.69, 9.17) is 10.2 Å². The van der Waals surface area contributed by atoms with Crippen LogP contribution in [0.5, 0.6) is 0 Å². The topological polar surface area (TPSA) is 124 Å². The van der Waals surface area contributed by atoms with Gasteiger partial charge in [0.25, 0.3) is 0 Å². The molecule has 2 amide bonds. The standard InChI is InChI=1S/C14H21N3O5.ClH/c1-8(2)12(15)13(19)17-7-11(18)16-6-9-4-5-10(22-9)14(20)21-3;/h4-5,8,12H,6-7,15H2,1-3H3,(H,16,18)(H,17,19);1H/t12-;/m0./s1. The molecule has 0 saturated carbocycles. The van der Waals surface area contributed by atoms with E-state index in [1.165, 1.54) is 13.2 Å². The van der Waals surface area contributed by atoms with E-state index in [9.17, 15) is 14.4 Å². The minimum atomic E-state index is -0.652. The molecular formula is C14H22ClN3O5. The second-order valence-electron chi connectivity index (χ2n) is 5.02. The number of amides is 2. The van der Waals surface area contributed by atoms with E-state index < -0.39 is 12.0 Å². The quantitative estimate of drug-likeness (QED) is 0.605. The summed E-state index contributed by atoms with van der Waals surface area (Å²) in [6, 6.07) is 2.36. The zero-order valence-corrected chi connectivity index (χ0v) is 14.1. The van der Waals surface area contributed by atoms with Gasteiger partial charge < -0.3 is 25.5 Å². The number of nitrogens with one attached hydrogen (secondary N) is 2. The number of carbonyl (C=O) groups excluding carboxylic acids is 3. The Kier molecular flexibility index (Phi) is 8.97. The summed E-state index contributed by atoms with van der Waals surface area (Å²) < 4.78 is 9.69. The van der Waals surface area contributed by atoms with Gasteiger partial charge >= 0.3 is 5.97 Å². The van der Waals surface area contributed by atoms with E-state index in [-0.39, 0.29) is 49.0 Å². The number of halogens is 1. The molecule has 4 N–H and O–H groups in total. The Morgan fingerprint density at radius 3 is 2.48 bits per heavy atom. The fourth-order valence-corrected chi connectivity index (χ4v) is 1.52. The van der Waals surface area contributed by atoms with Gasteiger partial charge in [0.15, 0.2) is 0 Å². The van der Waals surface area contributed by atoms with Crippen LogP contribution < -0.4 is 16.4 Å². The summed E-state index contributed by atoms with van der Waals surface area (Å²) >= 11 is 0. The summed E-state index contributed by atoms with van der Waals surface area (Å²) in [5.41, 5.74) is 5.65. The van der Waals surface area contributed by atoms with Crippen molar-refractivity contribution in [1.29, 1.82) is 0 Å². The summed E-state index contributed by atoms with van der Waals surface area (Å²) in [5, 5.41) is 5.00. The van der Waals surface area contributed by atoms with Gasteiger partial charge in [0.05, 0.1) is 26.2 Å². The Morgan fingerprint density at radius 1 is 1.26 bits per heavy atom. The number of carbonyl (C=O) groups is 3. The fourth-order valence-electron chi connectivity index (χ4n) is 1.52. The van der Waals surface area contributed by atoms with Crippen LogP contribution in [0.1, 0.15) is 30.2 Å². The number of methoxy groups -OCH3 is 1. The average Bonchev–Trinajstić information content (AvgIpc) is 2.97. The number of ether oxygens (including phenoxy) is 1. The molecule has 1 aromatic heterocycles. The lowest BCUT2D eigenvalue weighted by atomic mass is 10.1. The Hall–Kier alpha value is -2.06. The molecule has 1 rings (SSSR count). The first-order valence-corrected chi connectivity index (χ1v) is 6.82. The third-order valence-electron chi connectivity index (χ3n) is 2.95. The highest BCUT2D eigenvalue weighted by Gasteiger charge is 2.17. The van der Waals surface area contributed by atoms with Gasteiger partial charge in [0.1, 0.15) is 5.76 Å². The van der Waals surface area contributed by atoms with Crippen molar-refractivity contribution in [3.05, 3.63) is 23.7 Å². The molecule has 0 fully saturated rings. The zero-order chi connectivity index (χ0) is 16.7. The van der Waals surface area contributed by atoms with Crippen LogP contribution in [-0.2, 0) is 20.9 Å². The van der Waals surface area contributed by atoms with Gasteiger partial charge in [0.2, 0.25) is 17.6 Å². The molecular weight excluding hydrogens is 326 g/mol. The van der Waals surface area contributed by atoms with Crippen LogP contribution in [0.25, 0.3) is 0 Å². The van der Waals surface area contributed by atoms with Crippen molar-refractivity contribution >= 4 is 30.2 Å². The third-order valence-corrected chi connectivity index (χ3v) is 2.95. The van der Waals surface area contributed by atoms with Crippen molar-refractivity contribution in [2.24, 2.45) is 11.7 Å². The number of nitrogens with two attached hydrogens (primary N) is 1. The largest absolute Gasteiger partial charge is 0.463 e. The highest BCUT2D eigenvalue weighted by Crippen LogP contribution is 2.08. The second-order valence-corrected chi connectivity index (χ2v) is 5.02. The van der Waals surface area contributed by atoms with Gasteiger partial charge in [-0.1, -0.05) is 13.8 Å². The molecule has 0 saturated heterocycles. The highest BCUT2D eigenvalue weighted by atomic mass is 35.5. The van der Waals surface area contributed by atoms with E-state index in [1.807, 2.05) is 13.8 Å². The third kappa shape index (κ3) is 6.70. The zero-order valence-electron chi connectivity index (χ0n) is 13.3. The number of hydrogen-bond acceptors (Lipinski definition) is 6. The maximum atomic E-state index is 11.6. The van der Waals surface area contributed by atoms with Crippen LogP contribution in [0.4, 0.5) is 0 Å². The summed E-state index contributed by atoms with van der Waals surface area (Å²) in [5.74, 6) is -0.909. The SMILES string of the molecule is COC(=O)c1ccc(CNC(=O)CNC(=O)[C@@H](N)C(C)C)o1.Cl. The van der Waals surface area contributed by atoms with E-state index >= 15 is 0 Å². The Labute approximate surface area is 140 Å². The van der Waals surface area contributed by atoms with Crippen molar-refractivity contribution in [1.82, 2.24) is 10.6 Å². The summed E-state index contributed by atoms with van der Waals surface area (Å²) in [7, 11) is 1.25. The minimum absolute atomic E-state index is 0. The Morgan fingerprint density at radius 2 is 1.91 bits per heavy atom. The van der Waals surface area contributed by atoms with Crippen molar-refractivity contribution in [3.63, 3.8) is 0 Å². The first-order chi connectivity index (χ1) is 10.3. The maximum Gasteiger partial charge on any atom is 0.373 e. The number of rotatable bonds is 7. The number of furan rings is 1. The Balaban J connectivity index is 0.00000484. The molecule has 1 heterocycles. The molecule has 130 valence electrons. The first-order valence-electron chi connectivity index (χ1n) is 6.82. The van der Waals surface area contributed by atoms with Gasteiger partial charge in [-0.3, -0.25) is 9.59 Å². The van der Waals surface area contributed by atoms with E-state index in [2.05, 4.69) is 15.4 Å². The van der Waals surface area contributed by atoms with Crippen molar-refractivity contribution in [2.45, 2.75) is 26.4 Å². The predicted octanol–water partition coefficient (Wildman–Crippen LogP) is 0.204. The normalized spacial score (nSPS) is 11.3. The molecule has 0 aliphatic carbocycles. The number of esters is 1. The van der Waals surface area contributed by atoms with E-state index in [1.54, 1.807) is 6.07 Å². The van der Waals surface area contributed by atoms with E-state index in [0.717, 1.165) is 0 Å². The molecule has 1 aromatic rings. The average molecular weight is 348 g/mol. The molecule has 0 aliphatic heterocycles. The van der Waals surface area contributed by atoms with Crippen molar-refractivity contribution in [2.75, 3.05) is 13.7 Å². The van der Waals surface area contributed by atoms with Crippen LogP contribution in [0, 0.1) is 5.92 Å². The van der Waals surface area contributed by atoms with Crippen LogP contribution >= 0.6 is 12.4 Å². The first kappa shape index (κ1) is 20.9. The van der Waals surface area contributed by atoms with Crippen LogP contribution in [0.2, 0.25) is 0 Å². The van der Waals surface area contributed by atoms with E-state index in [0.29, 0.717) is 5.76 Å². The molecule has 23 heavy (non-hydrogen) atoms. The highest BCUT2D eigenvalue weighted by molar-refractivity contribution is 5.87. The molecule has 0 radical (unpaired) electrons. The van der Waals surface area contributed by atoms with Crippen molar-refractivity contribution < 1.29 is 23.5 Å². The molecule has 0 unspecified atom stereocenters. The summed E-state index contributed by atoms with van der Waals surface area (Å²) in [6.07, 6.45) is 0. The molecule has 1 atom stereocenters. The lowest BCUT2D eigenvalue weighted by Gasteiger charge is -2.14. The van der Waals surface area contributed by atoms with Gasteiger partial charge in [-0.2, -0.15) is 0 Å². The predicted molar refractivity (Wildman–Crippen MR) is 85.0 cm³/mol. The summed E-state index contributed by atoms with van der Waals surface area (Å²) in [4.78, 5) is 34.4. The van der Waals surface area contributed by atoms with Gasteiger partial charge in [-0.25, -0.2) is 4.79 Å². The summed E-state index contributed by atoms with van der Waals surface area (Å²) in [6.45, 7) is 3.56. The van der Waals surface area contributed by atoms with Gasteiger partial charge in [-0.15, -0.1) is 12.4 Å². The molecule has 0 aromatic carbocycles. The molecule has 9 heteroatoms.